The molecule has 1 aliphatic heterocycles. The smallest absolute Gasteiger partial charge is 0.222 e. The van der Waals surface area contributed by atoms with Gasteiger partial charge in [-0.05, 0) is 19.0 Å². The summed E-state index contributed by atoms with van der Waals surface area (Å²) in [6.07, 6.45) is 4.72. The van der Waals surface area contributed by atoms with Crippen LogP contribution in [0.5, 0.6) is 0 Å². The lowest BCUT2D eigenvalue weighted by Gasteiger charge is -2.13. The van der Waals surface area contributed by atoms with E-state index in [0.29, 0.717) is 6.04 Å². The molecule has 1 N–H and O–H groups in total. The Bertz CT molecular complexity index is 275. The molecule has 1 saturated heterocycles. The van der Waals surface area contributed by atoms with Crippen molar-refractivity contribution in [3.63, 3.8) is 0 Å². The molecule has 1 fully saturated rings. The number of hydrogen-bond acceptors (Lipinski definition) is 4. The highest BCUT2D eigenvalue weighted by Gasteiger charge is 2.21. The standard InChI is InChI=1S/C10H16N4/c1-2-14-7-4-9(8-14)13-10-11-5-3-6-12-10/h3,5-6,9H,2,4,7-8H2,1H3,(H,11,12,13). The van der Waals surface area contributed by atoms with Crippen molar-refractivity contribution in [2.45, 2.75) is 19.4 Å². The maximum absolute atomic E-state index is 4.15. The maximum atomic E-state index is 4.15. The Morgan fingerprint density at radius 3 is 2.93 bits per heavy atom. The van der Waals surface area contributed by atoms with Crippen molar-refractivity contribution >= 4 is 5.95 Å². The zero-order valence-corrected chi connectivity index (χ0v) is 8.48. The molecule has 0 radical (unpaired) electrons. The van der Waals surface area contributed by atoms with Crippen LogP contribution in [0.4, 0.5) is 5.95 Å². The summed E-state index contributed by atoms with van der Waals surface area (Å²) in [5.74, 6) is 0.746. The van der Waals surface area contributed by atoms with Gasteiger partial charge in [0.05, 0.1) is 0 Å². The van der Waals surface area contributed by atoms with Crippen LogP contribution in [0.3, 0.4) is 0 Å². The molecule has 1 aromatic heterocycles. The van der Waals surface area contributed by atoms with Crippen molar-refractivity contribution in [3.8, 4) is 0 Å². The van der Waals surface area contributed by atoms with E-state index in [9.17, 15) is 0 Å². The van der Waals surface area contributed by atoms with Gasteiger partial charge in [-0.15, -0.1) is 0 Å². The zero-order valence-electron chi connectivity index (χ0n) is 8.48. The molecule has 4 nitrogen and oxygen atoms in total. The molecule has 1 unspecified atom stereocenters. The SMILES string of the molecule is CCN1CCC(Nc2ncccn2)C1. The van der Waals surface area contributed by atoms with Gasteiger partial charge in [-0.3, -0.25) is 0 Å². The summed E-state index contributed by atoms with van der Waals surface area (Å²) in [5.41, 5.74) is 0. The molecule has 2 heterocycles. The number of hydrogen-bond donors (Lipinski definition) is 1. The molecule has 0 bridgehead atoms. The summed E-state index contributed by atoms with van der Waals surface area (Å²) in [4.78, 5) is 10.7. The van der Waals surface area contributed by atoms with Crippen LogP contribution in [0, 0.1) is 0 Å². The molecule has 0 aromatic carbocycles. The number of likely N-dealkylation sites (tertiary alicyclic amines) is 1. The quantitative estimate of drug-likeness (QED) is 0.775. The number of likely N-dealkylation sites (N-methyl/N-ethyl adjacent to an activating group) is 1. The Morgan fingerprint density at radius 1 is 1.50 bits per heavy atom. The minimum atomic E-state index is 0.511. The number of aromatic nitrogens is 2. The summed E-state index contributed by atoms with van der Waals surface area (Å²) in [6, 6.07) is 2.34. The molecule has 4 heteroatoms. The van der Waals surface area contributed by atoms with E-state index in [0.717, 1.165) is 19.0 Å². The van der Waals surface area contributed by atoms with Gasteiger partial charge in [-0.2, -0.15) is 0 Å². The molecule has 0 amide bonds. The third-order valence-corrected chi connectivity index (χ3v) is 2.62. The third-order valence-electron chi connectivity index (χ3n) is 2.62. The van der Waals surface area contributed by atoms with Gasteiger partial charge in [0.25, 0.3) is 0 Å². The molecule has 1 aliphatic rings. The minimum Gasteiger partial charge on any atom is -0.350 e. The van der Waals surface area contributed by atoms with Crippen LogP contribution in [-0.4, -0.2) is 40.5 Å². The van der Waals surface area contributed by atoms with Gasteiger partial charge in [-0.25, -0.2) is 9.97 Å². The largest absolute Gasteiger partial charge is 0.350 e. The first-order chi connectivity index (χ1) is 6.88. The van der Waals surface area contributed by atoms with Gasteiger partial charge in [0, 0.05) is 31.5 Å². The Hall–Kier alpha value is -1.16. The molecule has 14 heavy (non-hydrogen) atoms. The number of nitrogens with zero attached hydrogens (tertiary/aromatic N) is 3. The van der Waals surface area contributed by atoms with Crippen LogP contribution < -0.4 is 5.32 Å². The van der Waals surface area contributed by atoms with Crippen molar-refractivity contribution in [1.29, 1.82) is 0 Å². The van der Waals surface area contributed by atoms with E-state index in [4.69, 9.17) is 0 Å². The van der Waals surface area contributed by atoms with Crippen molar-refractivity contribution < 1.29 is 0 Å². The molecule has 76 valence electrons. The summed E-state index contributed by atoms with van der Waals surface area (Å²) in [5, 5.41) is 3.34. The second-order valence-electron chi connectivity index (χ2n) is 3.60. The molecular formula is C10H16N4. The fourth-order valence-corrected chi connectivity index (χ4v) is 1.79. The van der Waals surface area contributed by atoms with Gasteiger partial charge in [0.15, 0.2) is 0 Å². The van der Waals surface area contributed by atoms with Crippen molar-refractivity contribution in [3.05, 3.63) is 18.5 Å². The van der Waals surface area contributed by atoms with E-state index >= 15 is 0 Å². The van der Waals surface area contributed by atoms with Crippen molar-refractivity contribution in [1.82, 2.24) is 14.9 Å². The molecule has 0 saturated carbocycles. The third kappa shape index (κ3) is 2.20. The van der Waals surface area contributed by atoms with Crippen LogP contribution in [0.15, 0.2) is 18.5 Å². The highest BCUT2D eigenvalue weighted by molar-refractivity contribution is 5.24. The first kappa shape index (κ1) is 9.40. The van der Waals surface area contributed by atoms with Crippen LogP contribution in [0.2, 0.25) is 0 Å². The van der Waals surface area contributed by atoms with E-state index in [1.165, 1.54) is 13.0 Å². The van der Waals surface area contributed by atoms with Crippen molar-refractivity contribution in [2.24, 2.45) is 0 Å². The molecule has 1 aromatic rings. The Balaban J connectivity index is 1.88. The fourth-order valence-electron chi connectivity index (χ4n) is 1.79. The minimum absolute atomic E-state index is 0.511. The van der Waals surface area contributed by atoms with E-state index in [1.807, 2.05) is 6.07 Å². The number of rotatable bonds is 3. The second kappa shape index (κ2) is 4.37. The first-order valence-electron chi connectivity index (χ1n) is 5.14. The Morgan fingerprint density at radius 2 is 2.29 bits per heavy atom. The van der Waals surface area contributed by atoms with Crippen LogP contribution in [0.25, 0.3) is 0 Å². The summed E-state index contributed by atoms with van der Waals surface area (Å²) in [7, 11) is 0. The fraction of sp³-hybridized carbons (Fsp3) is 0.600. The van der Waals surface area contributed by atoms with Crippen molar-refractivity contribution in [2.75, 3.05) is 25.0 Å². The van der Waals surface area contributed by atoms with E-state index in [1.54, 1.807) is 12.4 Å². The molecule has 0 spiro atoms. The van der Waals surface area contributed by atoms with Crippen LogP contribution >= 0.6 is 0 Å². The average Bonchev–Trinajstić information content (AvgIpc) is 2.67. The molecule has 1 atom stereocenters. The summed E-state index contributed by atoms with van der Waals surface area (Å²) < 4.78 is 0. The zero-order chi connectivity index (χ0) is 9.80. The van der Waals surface area contributed by atoms with Crippen LogP contribution in [0.1, 0.15) is 13.3 Å². The molecule has 0 aliphatic carbocycles. The molecule has 2 rings (SSSR count). The van der Waals surface area contributed by atoms with Gasteiger partial charge < -0.3 is 10.2 Å². The Kier molecular flexibility index (Phi) is 2.93. The van der Waals surface area contributed by atoms with Gasteiger partial charge in [0.1, 0.15) is 0 Å². The predicted octanol–water partition coefficient (Wildman–Crippen LogP) is 0.983. The number of anilines is 1. The lowest BCUT2D eigenvalue weighted by Crippen LogP contribution is -2.26. The number of nitrogens with one attached hydrogen (secondary N) is 1. The van der Waals surface area contributed by atoms with Crippen LogP contribution in [-0.2, 0) is 0 Å². The summed E-state index contributed by atoms with van der Waals surface area (Å²) in [6.45, 7) is 5.62. The van der Waals surface area contributed by atoms with E-state index in [-0.39, 0.29) is 0 Å². The average molecular weight is 192 g/mol. The molecular weight excluding hydrogens is 176 g/mol. The summed E-state index contributed by atoms with van der Waals surface area (Å²) >= 11 is 0. The lowest BCUT2D eigenvalue weighted by molar-refractivity contribution is 0.355. The lowest BCUT2D eigenvalue weighted by atomic mass is 10.3. The Labute approximate surface area is 84.4 Å². The maximum Gasteiger partial charge on any atom is 0.222 e. The second-order valence-corrected chi connectivity index (χ2v) is 3.60. The normalized spacial score (nSPS) is 22.5. The first-order valence-corrected chi connectivity index (χ1v) is 5.14. The van der Waals surface area contributed by atoms with Gasteiger partial charge >= 0.3 is 0 Å². The topological polar surface area (TPSA) is 41.0 Å². The predicted molar refractivity (Wildman–Crippen MR) is 56.2 cm³/mol. The monoisotopic (exact) mass is 192 g/mol. The highest BCUT2D eigenvalue weighted by atomic mass is 15.2. The van der Waals surface area contributed by atoms with Gasteiger partial charge in [-0.1, -0.05) is 6.92 Å². The highest BCUT2D eigenvalue weighted by Crippen LogP contribution is 2.11. The van der Waals surface area contributed by atoms with Gasteiger partial charge in [0.2, 0.25) is 5.95 Å². The van der Waals surface area contributed by atoms with E-state index < -0.39 is 0 Å². The van der Waals surface area contributed by atoms with E-state index in [2.05, 4.69) is 27.1 Å².